The topological polar surface area (TPSA) is 102 Å². The van der Waals surface area contributed by atoms with Gasteiger partial charge >= 0.3 is 124 Å². The Morgan fingerprint density at radius 1 is 0.298 bits per heavy atom. The third kappa shape index (κ3) is 29.5. The molecular formula is C124H135ClN8O2P4PdSn. The molecule has 4 atom stereocenters. The second-order valence-electron chi connectivity index (χ2n) is 36.5. The van der Waals surface area contributed by atoms with Crippen LogP contribution >= 0.6 is 43.3 Å². The summed E-state index contributed by atoms with van der Waals surface area (Å²) in [7, 11) is -1.78. The fraction of sp³-hybridized carbons (Fsp3) is 0.274. The summed E-state index contributed by atoms with van der Waals surface area (Å²) in [6.07, 6.45) is 28.9. The normalized spacial score (nSPS) is 15.9. The molecule has 0 unspecified atom stereocenters. The Labute approximate surface area is 867 Å². The molecule has 0 spiro atoms. The Bertz CT molecular complexity index is 5370. The van der Waals surface area contributed by atoms with Gasteiger partial charge in [-0.1, -0.05) is 370 Å². The van der Waals surface area contributed by atoms with Gasteiger partial charge in [-0.2, -0.15) is 0 Å². The monoisotopic (exact) mass is 2150 g/mol. The number of aryl methyl sites for hydroxylation is 2. The quantitative estimate of drug-likeness (QED) is 0.0312. The van der Waals surface area contributed by atoms with Crippen molar-refractivity contribution in [3.8, 4) is 11.5 Å². The van der Waals surface area contributed by atoms with Gasteiger partial charge in [-0.05, 0) is 209 Å². The van der Waals surface area contributed by atoms with Crippen molar-refractivity contribution in [3.05, 3.63) is 441 Å². The number of hydrogen-bond acceptors (Lipinski definition) is 10. The van der Waals surface area contributed by atoms with Crippen LogP contribution in [-0.4, -0.2) is 98.9 Å². The van der Waals surface area contributed by atoms with Gasteiger partial charge in [0, 0.05) is 69.7 Å². The molecule has 0 N–H and O–H groups in total. The number of hydrogen-bond donors (Lipinski definition) is 0. The smallest absolute Gasteiger partial charge is 0.224 e. The Hall–Kier alpha value is -9.91. The number of aromatic nitrogens is 6. The number of pyridine rings is 2. The van der Waals surface area contributed by atoms with Crippen LogP contribution in [0.5, 0.6) is 0 Å². The number of ether oxygens (including phenoxy) is 2. The Balaban J connectivity index is 0.000000124. The second-order valence-corrected chi connectivity index (χ2v) is 58.8. The third-order valence-electron chi connectivity index (χ3n) is 27.0. The number of rotatable bonds is 25. The maximum atomic E-state index is 6.15. The van der Waals surface area contributed by atoms with Crippen LogP contribution < -0.4 is 77.2 Å². The summed E-state index contributed by atoms with van der Waals surface area (Å²) in [5.74, 6) is 3.03. The first-order valence-corrected chi connectivity index (χ1v) is 64.4. The zero-order valence-electron chi connectivity index (χ0n) is 82.0. The molecule has 141 heavy (non-hydrogen) atoms. The van der Waals surface area contributed by atoms with Crippen LogP contribution in [-0.2, 0) is 55.6 Å². The minimum atomic E-state index is -2.21. The molecule has 4 fully saturated rings. The molecule has 22 rings (SSSR count). The SMILES string of the molecule is CCC[CH2][Sn]([CH2]CCC)([CH2]CCC)[c]1ccccn1.Clc1nc2c(c(N3CCCO[C@H]4CCC[C@@H]43)n1)CCC2.[Pd].c1ccc(-c2nc3c(c(N4CCCO[C@H]5CCC[C@@H]54)n2)CCC3)nc1.c1ccc(P(c2ccccc2)c2ccccc2)cc1.c1ccc(P(c2ccccc2)c2ccccc2)cc1.c1ccc(P(c2ccccc2)c2ccccc2)cc1.c1ccc(P(c2ccccc2)c2ccccc2)cc1. The van der Waals surface area contributed by atoms with Crippen LogP contribution in [0.25, 0.3) is 11.5 Å². The van der Waals surface area contributed by atoms with Crippen molar-refractivity contribution in [2.24, 2.45) is 0 Å². The van der Waals surface area contributed by atoms with Crippen molar-refractivity contribution < 1.29 is 29.9 Å². The fourth-order valence-corrected chi connectivity index (χ4v) is 45.1. The average molecular weight is 2150 g/mol. The van der Waals surface area contributed by atoms with Gasteiger partial charge in [-0.25, -0.2) is 19.9 Å². The van der Waals surface area contributed by atoms with Crippen LogP contribution in [0.2, 0.25) is 18.6 Å². The molecule has 0 radical (unpaired) electrons. The number of benzene rings is 12. The van der Waals surface area contributed by atoms with E-state index < -0.39 is 50.1 Å². The summed E-state index contributed by atoms with van der Waals surface area (Å²) in [6.45, 7) is 10.8. The number of halogens is 1. The molecule has 0 bridgehead atoms. The van der Waals surface area contributed by atoms with Crippen molar-refractivity contribution in [2.45, 2.75) is 187 Å². The number of nitrogens with zero attached hydrogens (tertiary/aromatic N) is 8. The van der Waals surface area contributed by atoms with Crippen molar-refractivity contribution in [3.63, 3.8) is 0 Å². The van der Waals surface area contributed by atoms with Crippen LogP contribution in [0.15, 0.2) is 413 Å². The maximum Gasteiger partial charge on any atom is 0.224 e. The van der Waals surface area contributed by atoms with E-state index >= 15 is 0 Å². The predicted octanol–water partition coefficient (Wildman–Crippen LogP) is 24.9. The van der Waals surface area contributed by atoms with Gasteiger partial charge in [0.25, 0.3) is 0 Å². The summed E-state index contributed by atoms with van der Waals surface area (Å²) in [4.78, 5) is 33.2. The third-order valence-corrected chi connectivity index (χ3v) is 52.1. The minimum absolute atomic E-state index is 0. The van der Waals surface area contributed by atoms with E-state index in [0.717, 1.165) is 88.0 Å². The van der Waals surface area contributed by atoms with Gasteiger partial charge < -0.3 is 19.3 Å². The predicted molar refractivity (Wildman–Crippen MR) is 604 cm³/mol. The van der Waals surface area contributed by atoms with Crippen LogP contribution in [0.4, 0.5) is 11.6 Å². The van der Waals surface area contributed by atoms with Crippen LogP contribution in [0, 0.1) is 0 Å². The van der Waals surface area contributed by atoms with E-state index in [9.17, 15) is 0 Å². The van der Waals surface area contributed by atoms with E-state index in [0.29, 0.717) is 29.6 Å². The standard InChI is InChI=1S/C20H24N4O.4C18H15P.C15H20ClN3O.C5H4N.3C4H9.Pd.Sn/c1-2-11-21-16(7-1)19-22-15-8-3-6-14(15)20(23-19)24-12-5-13-25-18-10-4-9-17(18)24;4*1-4-10-16(11-5-1)19(17-12-6-2-7-13-17)18-14-8-3-9-15-18;16-15-17-11-5-1-4-10(11)14(18-15)19-8-3-9-20-13-7-2-6-12(13)19;1-2-4-6-5-3-1;3*1-3-4-2;;/h1-2,7,11,17-18H,3-6,8-10,12-13H2;4*1-15H;12-13H,1-9H2;1-4H;3*1,3-4H2,2H3;;/t17-,18-;;;;;12-,13-;;;;;;/m0....0....../s1. The molecule has 12 aromatic carbocycles. The zero-order chi connectivity index (χ0) is 95.8. The molecule has 17 heteroatoms. The van der Waals surface area contributed by atoms with E-state index in [2.05, 4.69) is 428 Å². The van der Waals surface area contributed by atoms with Crippen molar-refractivity contribution in [1.82, 2.24) is 29.9 Å². The molecule has 4 aromatic heterocycles. The Kier molecular flexibility index (Phi) is 42.6. The molecule has 2 saturated heterocycles. The van der Waals surface area contributed by atoms with Crippen molar-refractivity contribution in [1.29, 1.82) is 0 Å². The van der Waals surface area contributed by atoms with Gasteiger partial charge in [0.2, 0.25) is 5.28 Å². The second kappa shape index (κ2) is 57.0. The molecule has 2 aliphatic heterocycles. The summed E-state index contributed by atoms with van der Waals surface area (Å²) in [5, 5.41) is 17.2. The number of fused-ring (bicyclic) bond motifs is 4. The molecule has 2 saturated carbocycles. The zero-order valence-corrected chi connectivity index (χ0v) is 90.8. The first-order chi connectivity index (χ1) is 69.3. The first-order valence-electron chi connectivity index (χ1n) is 51.2. The minimum Gasteiger partial charge on any atom is -0.376 e. The van der Waals surface area contributed by atoms with Gasteiger partial charge in [0.1, 0.15) is 17.3 Å². The molecule has 16 aromatic rings. The summed E-state index contributed by atoms with van der Waals surface area (Å²) in [6, 6.07) is 143. The summed E-state index contributed by atoms with van der Waals surface area (Å²) < 4.78 is 18.2. The van der Waals surface area contributed by atoms with Gasteiger partial charge in [0.05, 0.1) is 30.0 Å². The molecule has 6 heterocycles. The van der Waals surface area contributed by atoms with Crippen molar-refractivity contribution in [2.75, 3.05) is 36.1 Å². The summed E-state index contributed by atoms with van der Waals surface area (Å²) in [5.41, 5.74) is 5.96. The molecule has 724 valence electrons. The van der Waals surface area contributed by atoms with E-state index in [1.165, 1.54) is 189 Å². The van der Waals surface area contributed by atoms with Crippen LogP contribution in [0.1, 0.15) is 146 Å². The van der Waals surface area contributed by atoms with E-state index in [4.69, 9.17) is 36.0 Å². The Morgan fingerprint density at radius 2 is 0.574 bits per heavy atom. The van der Waals surface area contributed by atoms with Crippen molar-refractivity contribution >= 4 is 141 Å². The number of unbranched alkanes of at least 4 members (excludes halogenated alkanes) is 3. The largest absolute Gasteiger partial charge is 0.376 e. The van der Waals surface area contributed by atoms with Gasteiger partial charge in [0.15, 0.2) is 5.82 Å². The molecule has 6 aliphatic rings. The van der Waals surface area contributed by atoms with Gasteiger partial charge in [-0.15, -0.1) is 0 Å². The first kappa shape index (κ1) is 105. The number of anilines is 2. The van der Waals surface area contributed by atoms with Crippen LogP contribution in [0.3, 0.4) is 0 Å². The molecule has 0 amide bonds. The van der Waals surface area contributed by atoms with E-state index in [-0.39, 0.29) is 20.4 Å². The molecular weight excluding hydrogens is 2020 g/mol. The van der Waals surface area contributed by atoms with E-state index in [1.54, 1.807) is 3.71 Å². The molecule has 4 aliphatic carbocycles. The summed E-state index contributed by atoms with van der Waals surface area (Å²) >= 11 is 3.94. The maximum absolute atomic E-state index is 6.15. The fourth-order valence-electron chi connectivity index (χ4n) is 20.3. The Morgan fingerprint density at radius 3 is 0.851 bits per heavy atom. The van der Waals surface area contributed by atoms with E-state index in [1.807, 2.05) is 30.6 Å². The van der Waals surface area contributed by atoms with Gasteiger partial charge in [-0.3, -0.25) is 4.98 Å². The molecule has 10 nitrogen and oxygen atoms in total. The average Bonchev–Trinajstić information content (AvgIpc) is 1.64.